The summed E-state index contributed by atoms with van der Waals surface area (Å²) in [5.41, 5.74) is 6.16. The van der Waals surface area contributed by atoms with Crippen molar-refractivity contribution in [3.8, 4) is 11.4 Å². The molecule has 1 aliphatic rings. The van der Waals surface area contributed by atoms with Crippen LogP contribution in [0.3, 0.4) is 0 Å². The highest BCUT2D eigenvalue weighted by Crippen LogP contribution is 2.21. The molecule has 3 heterocycles. The Kier molecular flexibility index (Phi) is 3.51. The van der Waals surface area contributed by atoms with Crippen LogP contribution in [-0.4, -0.2) is 39.8 Å². The van der Waals surface area contributed by atoms with Crippen LogP contribution in [0.1, 0.15) is 12.8 Å². The molecule has 0 amide bonds. The van der Waals surface area contributed by atoms with Crippen LogP contribution in [0.25, 0.3) is 11.4 Å². The van der Waals surface area contributed by atoms with E-state index in [4.69, 9.17) is 5.73 Å². The van der Waals surface area contributed by atoms with E-state index in [1.807, 2.05) is 0 Å². The molecule has 0 saturated carbocycles. The number of nitrogens with one attached hydrogen (secondary N) is 2. The van der Waals surface area contributed by atoms with Gasteiger partial charge in [-0.25, -0.2) is 0 Å². The summed E-state index contributed by atoms with van der Waals surface area (Å²) in [5, 5.41) is 7.06. The third-order valence-electron chi connectivity index (χ3n) is 3.69. The number of nitrogens with zero attached hydrogens (tertiary/aromatic N) is 3. The van der Waals surface area contributed by atoms with Crippen molar-refractivity contribution in [2.75, 3.05) is 24.5 Å². The Hall–Kier alpha value is -2.15. The summed E-state index contributed by atoms with van der Waals surface area (Å²) in [6.45, 7) is 2.49. The Morgan fingerprint density at radius 3 is 3.20 bits per heavy atom. The molecule has 0 aliphatic carbocycles. The van der Waals surface area contributed by atoms with Gasteiger partial charge in [-0.15, -0.1) is 5.10 Å². The lowest BCUT2D eigenvalue weighted by Gasteiger charge is -2.31. The van der Waals surface area contributed by atoms with Crippen LogP contribution in [0.5, 0.6) is 0 Å². The van der Waals surface area contributed by atoms with Crippen molar-refractivity contribution in [3.05, 3.63) is 28.7 Å². The number of rotatable bonds is 3. The van der Waals surface area contributed by atoms with Crippen molar-refractivity contribution in [1.82, 2.24) is 20.2 Å². The average molecular weight is 274 g/mol. The van der Waals surface area contributed by atoms with Crippen LogP contribution in [0.2, 0.25) is 0 Å². The first-order chi connectivity index (χ1) is 9.78. The zero-order valence-corrected chi connectivity index (χ0v) is 11.2. The van der Waals surface area contributed by atoms with Gasteiger partial charge in [0.05, 0.1) is 5.56 Å². The van der Waals surface area contributed by atoms with E-state index < -0.39 is 0 Å². The fourth-order valence-corrected chi connectivity index (χ4v) is 2.56. The molecule has 0 bridgehead atoms. The molecule has 7 heteroatoms. The molecular formula is C13H18N6O. The summed E-state index contributed by atoms with van der Waals surface area (Å²) in [4.78, 5) is 21.2. The van der Waals surface area contributed by atoms with Crippen LogP contribution in [0.4, 0.5) is 5.95 Å². The topological polar surface area (TPSA) is 104 Å². The van der Waals surface area contributed by atoms with Gasteiger partial charge in [0.2, 0.25) is 5.95 Å². The molecule has 0 radical (unpaired) electrons. The Morgan fingerprint density at radius 1 is 1.50 bits per heavy atom. The fourth-order valence-electron chi connectivity index (χ4n) is 2.56. The standard InChI is InChI=1S/C13H18N6O/c14-6-9-2-1-5-19(8-9)13-16-12(17-18-13)10-7-15-4-3-11(10)20/h3-4,7,9H,1-2,5-6,8,14H2,(H,15,20)(H,16,17,18). The second-order valence-corrected chi connectivity index (χ2v) is 5.10. The average Bonchev–Trinajstić information content (AvgIpc) is 2.97. The summed E-state index contributed by atoms with van der Waals surface area (Å²) in [6, 6.07) is 1.48. The number of pyridine rings is 1. The predicted molar refractivity (Wildman–Crippen MR) is 76.4 cm³/mol. The van der Waals surface area contributed by atoms with E-state index in [0.29, 0.717) is 29.8 Å². The summed E-state index contributed by atoms with van der Waals surface area (Å²) >= 11 is 0. The Bertz CT molecular complexity index is 634. The summed E-state index contributed by atoms with van der Waals surface area (Å²) < 4.78 is 0. The van der Waals surface area contributed by atoms with E-state index >= 15 is 0 Å². The maximum Gasteiger partial charge on any atom is 0.245 e. The molecular weight excluding hydrogens is 256 g/mol. The monoisotopic (exact) mass is 274 g/mol. The van der Waals surface area contributed by atoms with E-state index in [1.54, 1.807) is 12.4 Å². The van der Waals surface area contributed by atoms with E-state index in [-0.39, 0.29) is 5.43 Å². The van der Waals surface area contributed by atoms with Gasteiger partial charge >= 0.3 is 0 Å². The van der Waals surface area contributed by atoms with Crippen LogP contribution in [-0.2, 0) is 0 Å². The molecule has 3 rings (SSSR count). The van der Waals surface area contributed by atoms with Crippen LogP contribution in [0.15, 0.2) is 23.3 Å². The first-order valence-electron chi connectivity index (χ1n) is 6.83. The van der Waals surface area contributed by atoms with Crippen molar-refractivity contribution in [2.45, 2.75) is 12.8 Å². The van der Waals surface area contributed by atoms with E-state index in [1.165, 1.54) is 6.07 Å². The number of hydrogen-bond acceptors (Lipinski definition) is 5. The van der Waals surface area contributed by atoms with Crippen LogP contribution in [0, 0.1) is 5.92 Å². The molecule has 20 heavy (non-hydrogen) atoms. The first kappa shape index (κ1) is 12.9. The maximum absolute atomic E-state index is 11.8. The molecule has 0 aromatic carbocycles. The number of aromatic amines is 2. The van der Waals surface area contributed by atoms with Gasteiger partial charge in [-0.3, -0.25) is 9.89 Å². The van der Waals surface area contributed by atoms with Crippen LogP contribution < -0.4 is 16.1 Å². The second kappa shape index (κ2) is 5.46. The van der Waals surface area contributed by atoms with Gasteiger partial charge in [-0.05, 0) is 25.3 Å². The van der Waals surface area contributed by atoms with Gasteiger partial charge in [-0.1, -0.05) is 0 Å². The maximum atomic E-state index is 11.8. The molecule has 0 spiro atoms. The quantitative estimate of drug-likeness (QED) is 0.748. The van der Waals surface area contributed by atoms with Gasteiger partial charge in [0.15, 0.2) is 11.3 Å². The third-order valence-corrected chi connectivity index (χ3v) is 3.69. The number of hydrogen-bond donors (Lipinski definition) is 3. The number of anilines is 1. The van der Waals surface area contributed by atoms with Gasteiger partial charge in [0.1, 0.15) is 0 Å². The van der Waals surface area contributed by atoms with Crippen molar-refractivity contribution >= 4 is 5.95 Å². The predicted octanol–water partition coefficient (Wildman–Crippen LogP) is 0.335. The normalized spacial score (nSPS) is 19.2. The summed E-state index contributed by atoms with van der Waals surface area (Å²) in [5.74, 6) is 1.63. The Morgan fingerprint density at radius 2 is 2.40 bits per heavy atom. The van der Waals surface area contributed by atoms with Crippen LogP contribution >= 0.6 is 0 Å². The van der Waals surface area contributed by atoms with E-state index in [2.05, 4.69) is 25.1 Å². The lowest BCUT2D eigenvalue weighted by Crippen LogP contribution is -2.38. The third kappa shape index (κ3) is 2.44. The lowest BCUT2D eigenvalue weighted by molar-refractivity contribution is 0.420. The minimum absolute atomic E-state index is 0.0788. The smallest absolute Gasteiger partial charge is 0.245 e. The second-order valence-electron chi connectivity index (χ2n) is 5.10. The molecule has 106 valence electrons. The molecule has 1 aliphatic heterocycles. The molecule has 7 nitrogen and oxygen atoms in total. The van der Waals surface area contributed by atoms with Gasteiger partial charge in [-0.2, -0.15) is 4.98 Å². The van der Waals surface area contributed by atoms with Gasteiger partial charge < -0.3 is 15.6 Å². The highest BCUT2D eigenvalue weighted by molar-refractivity contribution is 5.54. The van der Waals surface area contributed by atoms with Gasteiger partial charge in [0, 0.05) is 31.5 Å². The number of nitrogens with two attached hydrogens (primary N) is 1. The number of piperidine rings is 1. The fraction of sp³-hybridized carbons (Fsp3) is 0.462. The summed E-state index contributed by atoms with van der Waals surface area (Å²) in [6.07, 6.45) is 5.48. The van der Waals surface area contributed by atoms with E-state index in [0.717, 1.165) is 25.9 Å². The molecule has 1 saturated heterocycles. The number of H-pyrrole nitrogens is 2. The zero-order valence-electron chi connectivity index (χ0n) is 11.2. The number of aromatic nitrogens is 4. The molecule has 2 aromatic heterocycles. The van der Waals surface area contributed by atoms with Crippen molar-refractivity contribution in [1.29, 1.82) is 0 Å². The lowest BCUT2D eigenvalue weighted by atomic mass is 9.99. The minimum atomic E-state index is -0.0788. The largest absolute Gasteiger partial charge is 0.367 e. The Balaban J connectivity index is 1.84. The van der Waals surface area contributed by atoms with Crippen molar-refractivity contribution in [3.63, 3.8) is 0 Å². The molecule has 2 aromatic rings. The molecule has 1 fully saturated rings. The Labute approximate surface area is 116 Å². The summed E-state index contributed by atoms with van der Waals surface area (Å²) in [7, 11) is 0. The highest BCUT2D eigenvalue weighted by atomic mass is 16.1. The minimum Gasteiger partial charge on any atom is -0.367 e. The van der Waals surface area contributed by atoms with Crippen molar-refractivity contribution in [2.24, 2.45) is 11.7 Å². The zero-order chi connectivity index (χ0) is 13.9. The molecule has 1 unspecified atom stereocenters. The molecule has 4 N–H and O–H groups in total. The SMILES string of the molecule is NCC1CCCN(c2n[nH]c(-c3c[nH]ccc3=O)n2)C1. The van der Waals surface area contributed by atoms with Gasteiger partial charge in [0.25, 0.3) is 0 Å². The first-order valence-corrected chi connectivity index (χ1v) is 6.83. The molecule has 1 atom stereocenters. The van der Waals surface area contributed by atoms with Crippen molar-refractivity contribution < 1.29 is 0 Å². The highest BCUT2D eigenvalue weighted by Gasteiger charge is 2.22. The van der Waals surface area contributed by atoms with E-state index in [9.17, 15) is 4.79 Å².